The number of sulfone groups is 1. The molecule has 0 aliphatic rings. The third-order valence-electron chi connectivity index (χ3n) is 5.11. The molecule has 0 radical (unpaired) electrons. The van der Waals surface area contributed by atoms with Gasteiger partial charge in [0.2, 0.25) is 0 Å². The van der Waals surface area contributed by atoms with Crippen molar-refractivity contribution in [1.29, 1.82) is 0 Å². The van der Waals surface area contributed by atoms with E-state index in [2.05, 4.69) is 4.98 Å². The van der Waals surface area contributed by atoms with Crippen LogP contribution < -0.4 is 4.90 Å². The van der Waals surface area contributed by atoms with E-state index >= 15 is 0 Å². The van der Waals surface area contributed by atoms with Crippen LogP contribution in [0.15, 0.2) is 64.1 Å². The molecule has 0 saturated heterocycles. The maximum atomic E-state index is 13.5. The lowest BCUT2D eigenvalue weighted by Crippen LogP contribution is -2.30. The predicted molar refractivity (Wildman–Crippen MR) is 127 cm³/mol. The van der Waals surface area contributed by atoms with Crippen LogP contribution in [0.3, 0.4) is 0 Å². The molecule has 0 aliphatic carbocycles. The number of thiazole rings is 1. The van der Waals surface area contributed by atoms with E-state index in [9.17, 15) is 13.2 Å². The van der Waals surface area contributed by atoms with E-state index in [4.69, 9.17) is 16.0 Å². The van der Waals surface area contributed by atoms with Crippen LogP contribution in [0, 0.1) is 6.92 Å². The van der Waals surface area contributed by atoms with Crippen molar-refractivity contribution in [3.63, 3.8) is 0 Å². The molecule has 0 fully saturated rings. The lowest BCUT2D eigenvalue weighted by molar-refractivity contribution is 0.0983. The molecule has 9 heteroatoms. The molecule has 0 unspecified atom stereocenters. The van der Waals surface area contributed by atoms with Crippen molar-refractivity contribution >= 4 is 54.0 Å². The van der Waals surface area contributed by atoms with Crippen LogP contribution in [0.2, 0.25) is 5.02 Å². The number of halogens is 1. The minimum absolute atomic E-state index is 0.175. The smallest absolute Gasteiger partial charge is 0.260 e. The summed E-state index contributed by atoms with van der Waals surface area (Å²) < 4.78 is 31.1. The van der Waals surface area contributed by atoms with Gasteiger partial charge in [0.1, 0.15) is 5.76 Å². The highest BCUT2D eigenvalue weighted by atomic mass is 35.5. The number of aromatic nitrogens is 1. The number of aryl methyl sites for hydroxylation is 1. The molecule has 2 aromatic heterocycles. The molecule has 0 atom stereocenters. The van der Waals surface area contributed by atoms with Gasteiger partial charge in [0.25, 0.3) is 5.91 Å². The fraction of sp³-hybridized carbons (Fsp3) is 0.217. The van der Waals surface area contributed by atoms with Crippen molar-refractivity contribution in [2.75, 3.05) is 4.90 Å². The molecule has 0 N–H and O–H groups in total. The summed E-state index contributed by atoms with van der Waals surface area (Å²) in [5.74, 6) is 0.280. The molecule has 2 aromatic carbocycles. The fourth-order valence-corrected chi connectivity index (χ4v) is 5.58. The highest BCUT2D eigenvalue weighted by Crippen LogP contribution is 2.36. The number of nitrogens with zero attached hydrogens (tertiary/aromatic N) is 2. The topological polar surface area (TPSA) is 80.5 Å². The monoisotopic (exact) mass is 488 g/mol. The average molecular weight is 489 g/mol. The minimum Gasteiger partial charge on any atom is -0.467 e. The summed E-state index contributed by atoms with van der Waals surface area (Å²) in [6.07, 6.45) is 1.54. The second-order valence-corrected chi connectivity index (χ2v) is 11.5. The Morgan fingerprint density at radius 1 is 1.16 bits per heavy atom. The first-order valence-corrected chi connectivity index (χ1v) is 12.7. The highest BCUT2D eigenvalue weighted by Gasteiger charge is 2.25. The van der Waals surface area contributed by atoms with E-state index in [-0.39, 0.29) is 17.3 Å². The summed E-state index contributed by atoms with van der Waals surface area (Å²) in [7, 11) is -3.42. The number of amides is 1. The molecule has 166 valence electrons. The second-order valence-electron chi connectivity index (χ2n) is 7.63. The van der Waals surface area contributed by atoms with Crippen LogP contribution in [0.5, 0.6) is 0 Å². The lowest BCUT2D eigenvalue weighted by Gasteiger charge is -2.19. The van der Waals surface area contributed by atoms with E-state index in [1.54, 1.807) is 32.2 Å². The van der Waals surface area contributed by atoms with Crippen LogP contribution in [0.4, 0.5) is 5.13 Å². The highest BCUT2D eigenvalue weighted by molar-refractivity contribution is 7.92. The molecule has 6 nitrogen and oxygen atoms in total. The summed E-state index contributed by atoms with van der Waals surface area (Å²) in [6.45, 7) is 5.36. The first-order chi connectivity index (χ1) is 15.2. The zero-order valence-corrected chi connectivity index (χ0v) is 20.1. The maximum absolute atomic E-state index is 13.5. The van der Waals surface area contributed by atoms with Crippen LogP contribution in [-0.2, 0) is 16.4 Å². The van der Waals surface area contributed by atoms with Gasteiger partial charge in [0, 0.05) is 5.56 Å². The molecule has 1 amide bonds. The Morgan fingerprint density at radius 2 is 1.88 bits per heavy atom. The number of hydrogen-bond donors (Lipinski definition) is 0. The number of carbonyl (C=O) groups is 1. The number of hydrogen-bond acceptors (Lipinski definition) is 6. The van der Waals surface area contributed by atoms with E-state index < -0.39 is 15.1 Å². The SMILES string of the molecule is Cc1ccc(Cl)c2sc(N(Cc3ccco3)C(=O)c3ccc(S(=O)(=O)C(C)C)cc3)nc12. The van der Waals surface area contributed by atoms with Gasteiger partial charge >= 0.3 is 0 Å². The number of fused-ring (bicyclic) bond motifs is 1. The van der Waals surface area contributed by atoms with Crippen LogP contribution in [-0.4, -0.2) is 24.6 Å². The van der Waals surface area contributed by atoms with Gasteiger partial charge in [-0.15, -0.1) is 0 Å². The molecule has 0 bridgehead atoms. The predicted octanol–water partition coefficient (Wildman–Crippen LogP) is 5.88. The van der Waals surface area contributed by atoms with Gasteiger partial charge in [-0.05, 0) is 68.8 Å². The number of benzene rings is 2. The molecule has 0 saturated carbocycles. The minimum atomic E-state index is -3.42. The van der Waals surface area contributed by atoms with Gasteiger partial charge in [0.15, 0.2) is 15.0 Å². The molecule has 4 aromatic rings. The summed E-state index contributed by atoms with van der Waals surface area (Å²) in [6, 6.07) is 13.2. The Balaban J connectivity index is 1.75. The lowest BCUT2D eigenvalue weighted by atomic mass is 10.2. The Hall–Kier alpha value is -2.68. The standard InChI is InChI=1S/C23H21ClN2O4S2/c1-14(2)32(28,29)18-9-7-16(8-10-18)22(27)26(13-17-5-4-12-30-17)23-25-20-15(3)6-11-19(24)21(20)31-23/h4-12,14H,13H2,1-3H3. The van der Waals surface area contributed by atoms with Crippen molar-refractivity contribution < 1.29 is 17.6 Å². The number of carbonyl (C=O) groups excluding carboxylic acids is 1. The van der Waals surface area contributed by atoms with Gasteiger partial charge in [-0.2, -0.15) is 0 Å². The van der Waals surface area contributed by atoms with E-state index in [1.165, 1.54) is 40.5 Å². The maximum Gasteiger partial charge on any atom is 0.260 e. The van der Waals surface area contributed by atoms with Crippen molar-refractivity contribution in [2.24, 2.45) is 0 Å². The third kappa shape index (κ3) is 4.18. The van der Waals surface area contributed by atoms with Crippen molar-refractivity contribution in [1.82, 2.24) is 4.98 Å². The van der Waals surface area contributed by atoms with E-state index in [1.807, 2.05) is 19.1 Å². The quantitative estimate of drug-likeness (QED) is 0.338. The fourth-order valence-electron chi connectivity index (χ4n) is 3.21. The van der Waals surface area contributed by atoms with Gasteiger partial charge in [-0.1, -0.05) is 29.0 Å². The van der Waals surface area contributed by atoms with Gasteiger partial charge in [0.05, 0.1) is 38.2 Å². The van der Waals surface area contributed by atoms with Crippen molar-refractivity contribution in [3.05, 3.63) is 76.7 Å². The Morgan fingerprint density at radius 3 is 2.47 bits per heavy atom. The second kappa shape index (κ2) is 8.69. The zero-order chi connectivity index (χ0) is 23.0. The van der Waals surface area contributed by atoms with Crippen LogP contribution in [0.1, 0.15) is 35.5 Å². The molecule has 0 spiro atoms. The largest absolute Gasteiger partial charge is 0.467 e. The molecule has 32 heavy (non-hydrogen) atoms. The first kappa shape index (κ1) is 22.5. The van der Waals surface area contributed by atoms with E-state index in [0.29, 0.717) is 21.5 Å². The van der Waals surface area contributed by atoms with Crippen LogP contribution >= 0.6 is 22.9 Å². The first-order valence-electron chi connectivity index (χ1n) is 9.92. The third-order valence-corrected chi connectivity index (χ3v) is 8.82. The zero-order valence-electron chi connectivity index (χ0n) is 17.7. The number of rotatable bonds is 6. The molecule has 2 heterocycles. The Kier molecular flexibility index (Phi) is 6.11. The summed E-state index contributed by atoms with van der Waals surface area (Å²) >= 11 is 7.69. The van der Waals surface area contributed by atoms with Gasteiger partial charge in [-0.25, -0.2) is 13.4 Å². The summed E-state index contributed by atoms with van der Waals surface area (Å²) in [5.41, 5.74) is 2.05. The van der Waals surface area contributed by atoms with Gasteiger partial charge < -0.3 is 4.42 Å². The summed E-state index contributed by atoms with van der Waals surface area (Å²) in [4.78, 5) is 19.9. The van der Waals surface area contributed by atoms with Gasteiger partial charge in [-0.3, -0.25) is 9.69 Å². The Labute approximate surface area is 195 Å². The van der Waals surface area contributed by atoms with E-state index in [0.717, 1.165) is 15.8 Å². The molecule has 0 aliphatic heterocycles. The number of anilines is 1. The molecular formula is C23H21ClN2O4S2. The normalized spacial score (nSPS) is 11.9. The average Bonchev–Trinajstić information content (AvgIpc) is 3.45. The molecular weight excluding hydrogens is 468 g/mol. The molecule has 4 rings (SSSR count). The Bertz CT molecular complexity index is 1340. The van der Waals surface area contributed by atoms with Crippen molar-refractivity contribution in [3.8, 4) is 0 Å². The summed E-state index contributed by atoms with van der Waals surface area (Å²) in [5, 5.41) is 0.509. The van der Waals surface area contributed by atoms with Crippen LogP contribution in [0.25, 0.3) is 10.2 Å². The van der Waals surface area contributed by atoms with Crippen molar-refractivity contribution in [2.45, 2.75) is 37.5 Å². The number of furan rings is 1.